The summed E-state index contributed by atoms with van der Waals surface area (Å²) in [4.78, 5) is 0. The monoisotopic (exact) mass is 422 g/mol. The summed E-state index contributed by atoms with van der Waals surface area (Å²) in [5, 5.41) is 16.7. The average molecular weight is 423 g/mol. The van der Waals surface area contributed by atoms with Crippen molar-refractivity contribution in [3.63, 3.8) is 0 Å². The molecule has 1 aromatic carbocycles. The van der Waals surface area contributed by atoms with Crippen LogP contribution in [0.15, 0.2) is 35.4 Å². The van der Waals surface area contributed by atoms with E-state index in [0.29, 0.717) is 4.77 Å². The van der Waals surface area contributed by atoms with Gasteiger partial charge < -0.3 is 0 Å². The SMILES string of the molecule is Cc1nn(Cc2ccccc2)c(C)c1/C=N\n1c(CCC2CCCCC2)n[nH]c1=S. The van der Waals surface area contributed by atoms with Gasteiger partial charge in [-0.3, -0.25) is 9.78 Å². The van der Waals surface area contributed by atoms with E-state index in [-0.39, 0.29) is 0 Å². The van der Waals surface area contributed by atoms with Crippen molar-refractivity contribution >= 4 is 18.4 Å². The van der Waals surface area contributed by atoms with Gasteiger partial charge in [-0.15, -0.1) is 0 Å². The van der Waals surface area contributed by atoms with E-state index in [1.807, 2.05) is 23.9 Å². The third-order valence-corrected chi connectivity index (χ3v) is 6.40. The van der Waals surface area contributed by atoms with Gasteiger partial charge in [0.15, 0.2) is 5.82 Å². The van der Waals surface area contributed by atoms with Gasteiger partial charge >= 0.3 is 0 Å². The molecule has 1 aliphatic carbocycles. The van der Waals surface area contributed by atoms with E-state index in [4.69, 9.17) is 17.3 Å². The molecule has 1 aliphatic rings. The minimum Gasteiger partial charge on any atom is -0.265 e. The highest BCUT2D eigenvalue weighted by molar-refractivity contribution is 7.71. The number of hydrogen-bond donors (Lipinski definition) is 1. The van der Waals surface area contributed by atoms with Crippen molar-refractivity contribution < 1.29 is 0 Å². The number of nitrogens with one attached hydrogen (secondary N) is 1. The highest BCUT2D eigenvalue weighted by Gasteiger charge is 2.16. The van der Waals surface area contributed by atoms with Crippen molar-refractivity contribution in [1.29, 1.82) is 0 Å². The predicted molar refractivity (Wildman–Crippen MR) is 123 cm³/mol. The highest BCUT2D eigenvalue weighted by atomic mass is 32.1. The molecule has 0 spiro atoms. The summed E-state index contributed by atoms with van der Waals surface area (Å²) >= 11 is 5.43. The maximum absolute atomic E-state index is 5.43. The molecule has 7 heteroatoms. The van der Waals surface area contributed by atoms with Crippen LogP contribution in [0, 0.1) is 24.5 Å². The van der Waals surface area contributed by atoms with Gasteiger partial charge in [0.25, 0.3) is 0 Å². The lowest BCUT2D eigenvalue weighted by Gasteiger charge is -2.20. The Morgan fingerprint density at radius 2 is 1.93 bits per heavy atom. The number of aromatic amines is 1. The molecule has 0 saturated heterocycles. The molecule has 4 rings (SSSR count). The molecule has 1 saturated carbocycles. The van der Waals surface area contributed by atoms with Crippen LogP contribution in [-0.4, -0.2) is 30.9 Å². The van der Waals surface area contributed by atoms with Crippen LogP contribution in [-0.2, 0) is 13.0 Å². The summed E-state index contributed by atoms with van der Waals surface area (Å²) in [7, 11) is 0. The Morgan fingerprint density at radius 1 is 1.17 bits per heavy atom. The normalized spacial score (nSPS) is 15.3. The van der Waals surface area contributed by atoms with Crippen LogP contribution in [0.3, 0.4) is 0 Å². The fraction of sp³-hybridized carbons (Fsp3) is 0.478. The summed E-state index contributed by atoms with van der Waals surface area (Å²) < 4.78 is 4.34. The van der Waals surface area contributed by atoms with E-state index in [1.165, 1.54) is 37.7 Å². The second-order valence-corrected chi connectivity index (χ2v) is 8.66. The van der Waals surface area contributed by atoms with Crippen molar-refractivity contribution in [3.05, 3.63) is 63.4 Å². The molecular weight excluding hydrogens is 392 g/mol. The lowest BCUT2D eigenvalue weighted by molar-refractivity contribution is 0.336. The molecule has 0 unspecified atom stereocenters. The van der Waals surface area contributed by atoms with Crippen LogP contribution in [0.4, 0.5) is 0 Å². The van der Waals surface area contributed by atoms with Crippen LogP contribution in [0.5, 0.6) is 0 Å². The van der Waals surface area contributed by atoms with Gasteiger partial charge in [0, 0.05) is 17.7 Å². The minimum atomic E-state index is 0.539. The zero-order chi connectivity index (χ0) is 20.9. The van der Waals surface area contributed by atoms with Gasteiger partial charge in [-0.25, -0.2) is 0 Å². The molecule has 2 heterocycles. The van der Waals surface area contributed by atoms with Crippen molar-refractivity contribution in [1.82, 2.24) is 24.7 Å². The molecule has 0 atom stereocenters. The van der Waals surface area contributed by atoms with Crippen LogP contribution in [0.25, 0.3) is 0 Å². The van der Waals surface area contributed by atoms with Gasteiger partial charge in [0.05, 0.1) is 18.5 Å². The first-order valence-electron chi connectivity index (χ1n) is 10.9. The summed E-state index contributed by atoms with van der Waals surface area (Å²) in [6, 6.07) is 10.4. The molecule has 0 amide bonds. The fourth-order valence-electron chi connectivity index (χ4n) is 4.34. The van der Waals surface area contributed by atoms with E-state index >= 15 is 0 Å². The van der Waals surface area contributed by atoms with E-state index in [0.717, 1.165) is 48.1 Å². The Kier molecular flexibility index (Phi) is 6.57. The van der Waals surface area contributed by atoms with E-state index in [9.17, 15) is 0 Å². The van der Waals surface area contributed by atoms with Gasteiger partial charge in [-0.1, -0.05) is 62.4 Å². The van der Waals surface area contributed by atoms with Crippen LogP contribution in [0.1, 0.15) is 66.9 Å². The summed E-state index contributed by atoms with van der Waals surface area (Å²) in [6.45, 7) is 4.86. The van der Waals surface area contributed by atoms with Gasteiger partial charge in [-0.05, 0) is 44.0 Å². The molecule has 6 nitrogen and oxygen atoms in total. The van der Waals surface area contributed by atoms with Crippen molar-refractivity contribution in [2.75, 3.05) is 0 Å². The molecule has 1 N–H and O–H groups in total. The third kappa shape index (κ3) is 4.78. The molecule has 3 aromatic rings. The molecule has 0 aliphatic heterocycles. The van der Waals surface area contributed by atoms with Crippen molar-refractivity contribution in [2.24, 2.45) is 11.0 Å². The second kappa shape index (κ2) is 9.51. The maximum atomic E-state index is 5.43. The number of aryl methyl sites for hydroxylation is 2. The lowest BCUT2D eigenvalue weighted by Crippen LogP contribution is -2.09. The zero-order valence-corrected chi connectivity index (χ0v) is 18.7. The van der Waals surface area contributed by atoms with E-state index in [1.54, 1.807) is 4.68 Å². The zero-order valence-electron chi connectivity index (χ0n) is 17.8. The average Bonchev–Trinajstić information content (AvgIpc) is 3.25. The number of benzene rings is 1. The molecular formula is C23H30N6S. The highest BCUT2D eigenvalue weighted by Crippen LogP contribution is 2.27. The Labute approximate surface area is 183 Å². The van der Waals surface area contributed by atoms with E-state index < -0.39 is 0 Å². The van der Waals surface area contributed by atoms with Crippen LogP contribution >= 0.6 is 12.2 Å². The molecule has 0 bridgehead atoms. The fourth-order valence-corrected chi connectivity index (χ4v) is 4.54. The molecule has 2 aromatic heterocycles. The van der Waals surface area contributed by atoms with Crippen molar-refractivity contribution in [3.8, 4) is 0 Å². The first kappa shape index (κ1) is 20.7. The standard InChI is InChI=1S/C23H30N6S/c1-17-21(18(2)28(27-17)16-20-11-7-4-8-12-20)15-24-29-22(25-26-23(29)30)14-13-19-9-5-3-6-10-19/h4,7-8,11-12,15,19H,3,5-6,9-10,13-14,16H2,1-2H3,(H,26,30)/b24-15-. The van der Waals surface area contributed by atoms with Crippen LogP contribution in [0.2, 0.25) is 0 Å². The smallest absolute Gasteiger partial charge is 0.216 e. The number of H-pyrrole nitrogens is 1. The molecule has 158 valence electrons. The molecule has 1 fully saturated rings. The molecule has 30 heavy (non-hydrogen) atoms. The third-order valence-electron chi connectivity index (χ3n) is 6.13. The van der Waals surface area contributed by atoms with Crippen molar-refractivity contribution in [2.45, 2.75) is 65.3 Å². The van der Waals surface area contributed by atoms with Gasteiger partial charge in [0.1, 0.15) is 0 Å². The quantitative estimate of drug-likeness (QED) is 0.420. The minimum absolute atomic E-state index is 0.539. The Balaban J connectivity index is 1.50. The maximum Gasteiger partial charge on any atom is 0.216 e. The van der Waals surface area contributed by atoms with Crippen LogP contribution < -0.4 is 0 Å². The Hall–Kier alpha value is -2.54. The van der Waals surface area contributed by atoms with E-state index in [2.05, 4.69) is 46.5 Å². The summed E-state index contributed by atoms with van der Waals surface area (Å²) in [6.07, 6.45) is 10.7. The first-order chi connectivity index (χ1) is 14.6. The van der Waals surface area contributed by atoms with Gasteiger partial charge in [-0.2, -0.15) is 20.0 Å². The predicted octanol–water partition coefficient (Wildman–Crippen LogP) is 5.20. The number of rotatable bonds is 7. The number of hydrogen-bond acceptors (Lipinski definition) is 4. The topological polar surface area (TPSA) is 63.8 Å². The molecule has 0 radical (unpaired) electrons. The number of nitrogens with zero attached hydrogens (tertiary/aromatic N) is 5. The Morgan fingerprint density at radius 3 is 2.70 bits per heavy atom. The number of aromatic nitrogens is 5. The largest absolute Gasteiger partial charge is 0.265 e. The summed E-state index contributed by atoms with van der Waals surface area (Å²) in [5.74, 6) is 1.72. The first-order valence-corrected chi connectivity index (χ1v) is 11.3. The second-order valence-electron chi connectivity index (χ2n) is 8.27. The van der Waals surface area contributed by atoms with Gasteiger partial charge in [0.2, 0.25) is 4.77 Å². The lowest BCUT2D eigenvalue weighted by atomic mass is 9.86. The summed E-state index contributed by atoms with van der Waals surface area (Å²) in [5.41, 5.74) is 4.32. The Bertz CT molecular complexity index is 1050.